The minimum Gasteiger partial charge on any atom is -0.464 e. The van der Waals surface area contributed by atoms with Crippen molar-refractivity contribution in [3.8, 4) is 11.1 Å². The number of anilines is 1. The van der Waals surface area contributed by atoms with Crippen molar-refractivity contribution < 1.29 is 4.42 Å². The molecule has 1 unspecified atom stereocenters. The van der Waals surface area contributed by atoms with Crippen LogP contribution >= 0.6 is 0 Å². The molecule has 1 N–H and O–H groups in total. The van der Waals surface area contributed by atoms with Crippen molar-refractivity contribution in [1.82, 2.24) is 5.32 Å². The smallest absolute Gasteiger partial charge is 0.134 e. The molecule has 0 bridgehead atoms. The van der Waals surface area contributed by atoms with Gasteiger partial charge in [-0.15, -0.1) is 0 Å². The lowest BCUT2D eigenvalue weighted by Gasteiger charge is -2.33. The highest BCUT2D eigenvalue weighted by molar-refractivity contribution is 5.94. The maximum absolute atomic E-state index is 5.65. The lowest BCUT2D eigenvalue weighted by Crippen LogP contribution is -2.49. The van der Waals surface area contributed by atoms with Crippen molar-refractivity contribution in [2.45, 2.75) is 13.0 Å². The van der Waals surface area contributed by atoms with Gasteiger partial charge in [-0.2, -0.15) is 0 Å². The molecule has 2 heterocycles. The number of fused-ring (bicyclic) bond motifs is 1. The van der Waals surface area contributed by atoms with Crippen LogP contribution in [-0.4, -0.2) is 25.7 Å². The van der Waals surface area contributed by atoms with Gasteiger partial charge in [-0.3, -0.25) is 0 Å². The van der Waals surface area contributed by atoms with E-state index in [0.29, 0.717) is 6.04 Å². The highest BCUT2D eigenvalue weighted by Gasteiger charge is 2.16. The first-order valence-electron chi connectivity index (χ1n) is 7.86. The van der Waals surface area contributed by atoms with E-state index in [1.807, 2.05) is 18.4 Å². The second kappa shape index (κ2) is 5.50. The Morgan fingerprint density at radius 1 is 1.09 bits per heavy atom. The fraction of sp³-hybridized carbons (Fsp3) is 0.263. The molecule has 1 fully saturated rings. The summed E-state index contributed by atoms with van der Waals surface area (Å²) >= 11 is 0. The van der Waals surface area contributed by atoms with Crippen LogP contribution in [0.2, 0.25) is 0 Å². The van der Waals surface area contributed by atoms with E-state index in [4.69, 9.17) is 4.42 Å². The van der Waals surface area contributed by atoms with Crippen molar-refractivity contribution >= 4 is 16.7 Å². The van der Waals surface area contributed by atoms with Crippen molar-refractivity contribution in [3.63, 3.8) is 0 Å². The second-order valence-electron chi connectivity index (χ2n) is 5.99. The van der Waals surface area contributed by atoms with Gasteiger partial charge in [0.1, 0.15) is 5.58 Å². The average Bonchev–Trinajstić information content (AvgIpc) is 2.99. The van der Waals surface area contributed by atoms with E-state index in [-0.39, 0.29) is 0 Å². The predicted octanol–water partition coefficient (Wildman–Crippen LogP) is 3.90. The summed E-state index contributed by atoms with van der Waals surface area (Å²) in [7, 11) is 0. The molecule has 3 heteroatoms. The maximum atomic E-state index is 5.65. The van der Waals surface area contributed by atoms with E-state index in [2.05, 4.69) is 53.5 Å². The van der Waals surface area contributed by atoms with Crippen LogP contribution in [0.1, 0.15) is 6.92 Å². The molecule has 112 valence electrons. The summed E-state index contributed by atoms with van der Waals surface area (Å²) in [5.74, 6) is 0. The summed E-state index contributed by atoms with van der Waals surface area (Å²) < 4.78 is 5.65. The molecule has 0 aliphatic carbocycles. The van der Waals surface area contributed by atoms with Crippen LogP contribution in [0.4, 0.5) is 5.69 Å². The molecule has 2 aromatic carbocycles. The molecule has 0 spiro atoms. The van der Waals surface area contributed by atoms with Crippen LogP contribution in [0, 0.1) is 0 Å². The van der Waals surface area contributed by atoms with Crippen molar-refractivity contribution in [3.05, 3.63) is 54.8 Å². The summed E-state index contributed by atoms with van der Waals surface area (Å²) in [5, 5.41) is 4.65. The van der Waals surface area contributed by atoms with E-state index in [1.54, 1.807) is 0 Å². The minimum absolute atomic E-state index is 0.547. The fourth-order valence-corrected chi connectivity index (χ4v) is 3.22. The summed E-state index contributed by atoms with van der Waals surface area (Å²) in [6.45, 7) is 5.42. The van der Waals surface area contributed by atoms with Crippen LogP contribution in [-0.2, 0) is 0 Å². The third-order valence-electron chi connectivity index (χ3n) is 4.39. The Morgan fingerprint density at radius 2 is 1.91 bits per heavy atom. The summed E-state index contributed by atoms with van der Waals surface area (Å²) in [6.07, 6.45) is 1.85. The van der Waals surface area contributed by atoms with E-state index in [1.165, 1.54) is 16.6 Å². The number of furan rings is 1. The van der Waals surface area contributed by atoms with Crippen molar-refractivity contribution in [1.29, 1.82) is 0 Å². The fourth-order valence-electron chi connectivity index (χ4n) is 3.22. The Bertz CT molecular complexity index is 775. The molecule has 1 aliphatic heterocycles. The van der Waals surface area contributed by atoms with E-state index < -0.39 is 0 Å². The van der Waals surface area contributed by atoms with Crippen LogP contribution in [0.25, 0.3) is 22.1 Å². The molecule has 1 aliphatic rings. The van der Waals surface area contributed by atoms with Crippen LogP contribution in [0.3, 0.4) is 0 Å². The standard InChI is InChI=1S/C19H20N2O/c1-14-12-21(11-10-20-14)16-8-6-15(7-9-16)18-13-22-19-5-3-2-4-17(18)19/h2-9,13-14,20H,10-12H2,1H3. The second-order valence-corrected chi connectivity index (χ2v) is 5.99. The molecule has 3 aromatic rings. The van der Waals surface area contributed by atoms with Gasteiger partial charge in [-0.1, -0.05) is 30.3 Å². The van der Waals surface area contributed by atoms with E-state index in [9.17, 15) is 0 Å². The Kier molecular flexibility index (Phi) is 3.35. The number of hydrogen-bond donors (Lipinski definition) is 1. The predicted molar refractivity (Wildman–Crippen MR) is 91.3 cm³/mol. The summed E-state index contributed by atoms with van der Waals surface area (Å²) in [5.41, 5.74) is 4.61. The zero-order chi connectivity index (χ0) is 14.9. The molecule has 22 heavy (non-hydrogen) atoms. The number of hydrogen-bond acceptors (Lipinski definition) is 3. The number of benzene rings is 2. The third kappa shape index (κ3) is 2.38. The highest BCUT2D eigenvalue weighted by Crippen LogP contribution is 2.31. The number of nitrogens with one attached hydrogen (secondary N) is 1. The van der Waals surface area contributed by atoms with E-state index >= 15 is 0 Å². The lowest BCUT2D eigenvalue weighted by molar-refractivity contribution is 0.485. The van der Waals surface area contributed by atoms with Crippen molar-refractivity contribution in [2.75, 3.05) is 24.5 Å². The van der Waals surface area contributed by atoms with Crippen LogP contribution in [0.15, 0.2) is 59.2 Å². The Morgan fingerprint density at radius 3 is 2.73 bits per heavy atom. The minimum atomic E-state index is 0.547. The zero-order valence-corrected chi connectivity index (χ0v) is 12.8. The van der Waals surface area contributed by atoms with Gasteiger partial charge in [0.05, 0.1) is 6.26 Å². The first-order chi connectivity index (χ1) is 10.8. The molecule has 0 amide bonds. The Labute approximate surface area is 130 Å². The topological polar surface area (TPSA) is 28.4 Å². The Hall–Kier alpha value is -2.26. The van der Waals surface area contributed by atoms with Crippen LogP contribution in [0.5, 0.6) is 0 Å². The summed E-state index contributed by atoms with van der Waals surface area (Å²) in [6, 6.07) is 17.5. The number of nitrogens with zero attached hydrogens (tertiary/aromatic N) is 1. The van der Waals surface area contributed by atoms with Gasteiger partial charge in [-0.25, -0.2) is 0 Å². The Balaban J connectivity index is 1.64. The number of piperazine rings is 1. The van der Waals surface area contributed by atoms with Gasteiger partial charge in [0.2, 0.25) is 0 Å². The van der Waals surface area contributed by atoms with Gasteiger partial charge in [0.15, 0.2) is 0 Å². The molecule has 1 atom stereocenters. The van der Waals surface area contributed by atoms with Gasteiger partial charge in [0.25, 0.3) is 0 Å². The average molecular weight is 292 g/mol. The maximum Gasteiger partial charge on any atom is 0.134 e. The van der Waals surface area contributed by atoms with Gasteiger partial charge >= 0.3 is 0 Å². The normalized spacial score (nSPS) is 18.8. The molecular weight excluding hydrogens is 272 g/mol. The molecule has 1 saturated heterocycles. The SMILES string of the molecule is CC1CN(c2ccc(-c3coc4ccccc34)cc2)CCN1. The third-order valence-corrected chi connectivity index (χ3v) is 4.39. The van der Waals surface area contributed by atoms with Crippen molar-refractivity contribution in [2.24, 2.45) is 0 Å². The molecule has 1 aromatic heterocycles. The summed E-state index contributed by atoms with van der Waals surface area (Å²) in [4.78, 5) is 2.44. The van der Waals surface area contributed by atoms with E-state index in [0.717, 1.165) is 30.8 Å². The monoisotopic (exact) mass is 292 g/mol. The highest BCUT2D eigenvalue weighted by atomic mass is 16.3. The number of para-hydroxylation sites is 1. The molecule has 4 rings (SSSR count). The molecule has 0 radical (unpaired) electrons. The largest absolute Gasteiger partial charge is 0.464 e. The molecule has 0 saturated carbocycles. The first-order valence-corrected chi connectivity index (χ1v) is 7.86. The zero-order valence-electron chi connectivity index (χ0n) is 12.8. The quantitative estimate of drug-likeness (QED) is 0.776. The number of rotatable bonds is 2. The lowest BCUT2D eigenvalue weighted by atomic mass is 10.0. The molecule has 3 nitrogen and oxygen atoms in total. The van der Waals surface area contributed by atoms with Gasteiger partial charge < -0.3 is 14.6 Å². The molecular formula is C19H20N2O. The van der Waals surface area contributed by atoms with Crippen LogP contribution < -0.4 is 10.2 Å². The van der Waals surface area contributed by atoms with Gasteiger partial charge in [-0.05, 0) is 30.7 Å². The van der Waals surface area contributed by atoms with Gasteiger partial charge in [0, 0.05) is 42.3 Å². The first kappa shape index (κ1) is 13.4.